The molecule has 8 heteroatoms. The quantitative estimate of drug-likeness (QED) is 0.603. The Morgan fingerprint density at radius 2 is 2.19 bits per heavy atom. The molecule has 0 bridgehead atoms. The van der Waals surface area contributed by atoms with Crippen LogP contribution in [0.2, 0.25) is 0 Å². The SMILES string of the molecule is Cn1cc(-n2nc(-c3ccc[nH]c3=O)nc2-c2ccc3c(c2)CCO3)cn1. The zero-order valence-electron chi connectivity index (χ0n) is 14.6. The molecule has 0 spiro atoms. The third-order valence-electron chi connectivity index (χ3n) is 4.55. The molecule has 1 N–H and O–H groups in total. The fraction of sp³-hybridized carbons (Fsp3) is 0.158. The van der Waals surface area contributed by atoms with Crippen molar-refractivity contribution < 1.29 is 4.74 Å². The fourth-order valence-electron chi connectivity index (χ4n) is 3.23. The predicted octanol–water partition coefficient (Wildman–Crippen LogP) is 1.96. The number of H-pyrrole nitrogens is 1. The van der Waals surface area contributed by atoms with Crippen LogP contribution in [0.15, 0.2) is 53.7 Å². The Bertz CT molecular complexity index is 1200. The smallest absolute Gasteiger partial charge is 0.259 e. The Balaban J connectivity index is 1.71. The maximum absolute atomic E-state index is 12.2. The molecule has 0 saturated carbocycles. The third-order valence-corrected chi connectivity index (χ3v) is 4.55. The van der Waals surface area contributed by atoms with E-state index in [0.29, 0.717) is 23.8 Å². The van der Waals surface area contributed by atoms with Gasteiger partial charge in [0.2, 0.25) is 0 Å². The second-order valence-electron chi connectivity index (χ2n) is 6.38. The molecule has 4 aromatic rings. The Morgan fingerprint density at radius 1 is 1.26 bits per heavy atom. The molecule has 0 fully saturated rings. The number of pyridine rings is 1. The lowest BCUT2D eigenvalue weighted by Gasteiger charge is -2.05. The topological polar surface area (TPSA) is 90.6 Å². The van der Waals surface area contributed by atoms with Crippen LogP contribution in [0.1, 0.15) is 5.56 Å². The van der Waals surface area contributed by atoms with E-state index in [2.05, 4.69) is 26.2 Å². The van der Waals surface area contributed by atoms with Crippen molar-refractivity contribution in [3.8, 4) is 34.2 Å². The minimum absolute atomic E-state index is 0.227. The summed E-state index contributed by atoms with van der Waals surface area (Å²) in [5.74, 6) is 1.93. The van der Waals surface area contributed by atoms with Crippen LogP contribution in [0, 0.1) is 0 Å². The highest BCUT2D eigenvalue weighted by Gasteiger charge is 2.20. The molecule has 0 unspecified atom stereocenters. The molecule has 0 saturated heterocycles. The average molecular weight is 360 g/mol. The van der Waals surface area contributed by atoms with Crippen LogP contribution in [0.3, 0.4) is 0 Å². The normalized spacial score (nSPS) is 12.8. The first-order valence-corrected chi connectivity index (χ1v) is 8.59. The Morgan fingerprint density at radius 3 is 3.00 bits per heavy atom. The average Bonchev–Trinajstić information content (AvgIpc) is 3.40. The van der Waals surface area contributed by atoms with E-state index in [1.807, 2.05) is 25.4 Å². The van der Waals surface area contributed by atoms with Gasteiger partial charge >= 0.3 is 0 Å². The van der Waals surface area contributed by atoms with Crippen LogP contribution < -0.4 is 10.3 Å². The van der Waals surface area contributed by atoms with Crippen molar-refractivity contribution in [1.82, 2.24) is 29.5 Å². The van der Waals surface area contributed by atoms with Gasteiger partial charge in [0, 0.05) is 25.2 Å². The van der Waals surface area contributed by atoms with E-state index in [0.717, 1.165) is 29.0 Å². The van der Waals surface area contributed by atoms with E-state index >= 15 is 0 Å². The fourth-order valence-corrected chi connectivity index (χ4v) is 3.23. The van der Waals surface area contributed by atoms with Gasteiger partial charge in [-0.15, -0.1) is 5.10 Å². The Labute approximate surface area is 154 Å². The number of nitrogens with zero attached hydrogens (tertiary/aromatic N) is 5. The third kappa shape index (κ3) is 2.62. The summed E-state index contributed by atoms with van der Waals surface area (Å²) in [5.41, 5.74) is 3.03. The van der Waals surface area contributed by atoms with Crippen molar-refractivity contribution in [1.29, 1.82) is 0 Å². The lowest BCUT2D eigenvalue weighted by Crippen LogP contribution is -2.08. The maximum atomic E-state index is 12.2. The number of aryl methyl sites for hydroxylation is 1. The van der Waals surface area contributed by atoms with Crippen molar-refractivity contribution in [2.75, 3.05) is 6.61 Å². The van der Waals surface area contributed by atoms with Gasteiger partial charge in [-0.2, -0.15) is 5.10 Å². The molecule has 134 valence electrons. The minimum atomic E-state index is -0.227. The number of ether oxygens (including phenoxy) is 1. The van der Waals surface area contributed by atoms with Crippen LogP contribution >= 0.6 is 0 Å². The molecule has 3 aromatic heterocycles. The van der Waals surface area contributed by atoms with Crippen LogP contribution in [0.5, 0.6) is 5.75 Å². The van der Waals surface area contributed by atoms with Gasteiger partial charge in [-0.25, -0.2) is 9.67 Å². The van der Waals surface area contributed by atoms with Crippen molar-refractivity contribution in [3.05, 3.63) is 64.8 Å². The number of nitrogens with one attached hydrogen (secondary N) is 1. The van der Waals surface area contributed by atoms with Crippen LogP contribution in [0.4, 0.5) is 0 Å². The highest BCUT2D eigenvalue weighted by atomic mass is 16.5. The first-order valence-electron chi connectivity index (χ1n) is 8.59. The van der Waals surface area contributed by atoms with E-state index in [9.17, 15) is 4.79 Å². The number of aromatic amines is 1. The molecule has 4 heterocycles. The molecule has 0 aliphatic carbocycles. The molecule has 5 rings (SSSR count). The summed E-state index contributed by atoms with van der Waals surface area (Å²) < 4.78 is 9.01. The van der Waals surface area contributed by atoms with Gasteiger partial charge < -0.3 is 9.72 Å². The number of fused-ring (bicyclic) bond motifs is 1. The largest absolute Gasteiger partial charge is 0.493 e. The molecule has 8 nitrogen and oxygen atoms in total. The number of rotatable bonds is 3. The maximum Gasteiger partial charge on any atom is 0.259 e. The molecule has 1 aliphatic heterocycles. The molecular formula is C19H16N6O2. The molecular weight excluding hydrogens is 344 g/mol. The van der Waals surface area contributed by atoms with E-state index in [1.165, 1.54) is 0 Å². The highest BCUT2D eigenvalue weighted by Crippen LogP contribution is 2.31. The zero-order chi connectivity index (χ0) is 18.4. The van der Waals surface area contributed by atoms with Crippen molar-refractivity contribution in [2.24, 2.45) is 7.05 Å². The van der Waals surface area contributed by atoms with Gasteiger partial charge in [0.25, 0.3) is 5.56 Å². The molecule has 1 aromatic carbocycles. The Kier molecular flexibility index (Phi) is 3.43. The first-order chi connectivity index (χ1) is 13.2. The van der Waals surface area contributed by atoms with Crippen LogP contribution in [0.25, 0.3) is 28.5 Å². The van der Waals surface area contributed by atoms with E-state index in [1.54, 1.807) is 33.9 Å². The lowest BCUT2D eigenvalue weighted by atomic mass is 10.1. The van der Waals surface area contributed by atoms with E-state index in [-0.39, 0.29) is 5.56 Å². The van der Waals surface area contributed by atoms with E-state index in [4.69, 9.17) is 4.74 Å². The number of hydrogen-bond acceptors (Lipinski definition) is 5. The predicted molar refractivity (Wildman–Crippen MR) is 98.8 cm³/mol. The standard InChI is InChI=1S/C19H16N6O2/c1-24-11-14(10-21-24)25-18(13-4-5-16-12(9-13)6-8-27-16)22-17(23-25)15-3-2-7-20-19(15)26/h2-5,7,9-11H,6,8H2,1H3,(H,20,26). The second kappa shape index (κ2) is 5.94. The lowest BCUT2D eigenvalue weighted by molar-refractivity contribution is 0.357. The van der Waals surface area contributed by atoms with Gasteiger partial charge in [-0.3, -0.25) is 9.48 Å². The zero-order valence-corrected chi connectivity index (χ0v) is 14.6. The summed E-state index contributed by atoms with van der Waals surface area (Å²) in [7, 11) is 1.84. The van der Waals surface area contributed by atoms with Gasteiger partial charge in [-0.1, -0.05) is 0 Å². The highest BCUT2D eigenvalue weighted by molar-refractivity contribution is 5.65. The molecule has 1 aliphatic rings. The summed E-state index contributed by atoms with van der Waals surface area (Å²) in [5, 5.41) is 8.82. The molecule has 0 atom stereocenters. The van der Waals surface area contributed by atoms with Crippen molar-refractivity contribution in [2.45, 2.75) is 6.42 Å². The van der Waals surface area contributed by atoms with Crippen molar-refractivity contribution in [3.63, 3.8) is 0 Å². The minimum Gasteiger partial charge on any atom is -0.493 e. The summed E-state index contributed by atoms with van der Waals surface area (Å²) in [4.78, 5) is 19.5. The first kappa shape index (κ1) is 15.6. The number of benzene rings is 1. The van der Waals surface area contributed by atoms with Gasteiger partial charge in [0.15, 0.2) is 11.6 Å². The summed E-state index contributed by atoms with van der Waals surface area (Å²) in [6.45, 7) is 0.693. The van der Waals surface area contributed by atoms with Gasteiger partial charge in [0.1, 0.15) is 11.4 Å². The second-order valence-corrected chi connectivity index (χ2v) is 6.38. The summed E-state index contributed by atoms with van der Waals surface area (Å²) in [6, 6.07) is 9.45. The molecule has 0 radical (unpaired) electrons. The van der Waals surface area contributed by atoms with Gasteiger partial charge in [-0.05, 0) is 35.9 Å². The Hall–Kier alpha value is -3.68. The summed E-state index contributed by atoms with van der Waals surface area (Å²) in [6.07, 6.45) is 6.03. The van der Waals surface area contributed by atoms with Gasteiger partial charge in [0.05, 0.1) is 24.6 Å². The number of aromatic nitrogens is 6. The van der Waals surface area contributed by atoms with Crippen molar-refractivity contribution >= 4 is 0 Å². The summed E-state index contributed by atoms with van der Waals surface area (Å²) >= 11 is 0. The molecule has 0 amide bonds. The monoisotopic (exact) mass is 360 g/mol. The number of hydrogen-bond donors (Lipinski definition) is 1. The van der Waals surface area contributed by atoms with E-state index < -0.39 is 0 Å². The van der Waals surface area contributed by atoms with Crippen LogP contribution in [-0.4, -0.2) is 36.1 Å². The molecule has 27 heavy (non-hydrogen) atoms. The van der Waals surface area contributed by atoms with Crippen LogP contribution in [-0.2, 0) is 13.5 Å².